The molecule has 0 unspecified atom stereocenters. The first-order valence-electron chi connectivity index (χ1n) is 9.89. The Hall–Kier alpha value is -3.14. The van der Waals surface area contributed by atoms with Gasteiger partial charge in [0.05, 0.1) is 13.2 Å². The third-order valence-corrected chi connectivity index (χ3v) is 4.25. The molecule has 0 fully saturated rings. The zero-order chi connectivity index (χ0) is 20.9. The van der Waals surface area contributed by atoms with Crippen molar-refractivity contribution in [3.8, 4) is 5.75 Å². The lowest BCUT2D eigenvalue weighted by Crippen LogP contribution is -2.06. The van der Waals surface area contributed by atoms with Crippen molar-refractivity contribution >= 4 is 17.8 Å². The second kappa shape index (κ2) is 12.3. The Bertz CT molecular complexity index is 820. The zero-order valence-electron chi connectivity index (χ0n) is 16.9. The van der Waals surface area contributed by atoms with Gasteiger partial charge < -0.3 is 9.47 Å². The van der Waals surface area contributed by atoms with E-state index in [4.69, 9.17) is 9.47 Å². The van der Waals surface area contributed by atoms with Crippen LogP contribution in [-0.2, 0) is 9.53 Å². The first-order valence-corrected chi connectivity index (χ1v) is 9.89. The van der Waals surface area contributed by atoms with Crippen molar-refractivity contribution < 1.29 is 19.1 Å². The molecule has 0 spiro atoms. The molecule has 0 N–H and O–H groups in total. The maximum Gasteiger partial charge on any atom is 0.333 e. The summed E-state index contributed by atoms with van der Waals surface area (Å²) in [5, 5.41) is 0. The van der Waals surface area contributed by atoms with Crippen LogP contribution in [0, 0.1) is 0 Å². The van der Waals surface area contributed by atoms with Crippen LogP contribution in [0.4, 0.5) is 0 Å². The van der Waals surface area contributed by atoms with Gasteiger partial charge in [-0.25, -0.2) is 4.79 Å². The third-order valence-electron chi connectivity index (χ3n) is 4.25. The SMILES string of the molecule is C=C(C)C(=O)OCCCCCCOc1ccc(/C=C/C(=O)c2ccccc2)cc1. The number of ketones is 1. The summed E-state index contributed by atoms with van der Waals surface area (Å²) < 4.78 is 10.8. The Morgan fingerprint density at radius 3 is 2.21 bits per heavy atom. The quantitative estimate of drug-likeness (QED) is 0.203. The molecule has 0 saturated heterocycles. The van der Waals surface area contributed by atoms with E-state index in [-0.39, 0.29) is 11.8 Å². The molecule has 0 amide bonds. The van der Waals surface area contributed by atoms with E-state index in [0.717, 1.165) is 37.0 Å². The maximum absolute atomic E-state index is 12.1. The van der Waals surface area contributed by atoms with Crippen molar-refractivity contribution in [1.29, 1.82) is 0 Å². The summed E-state index contributed by atoms with van der Waals surface area (Å²) in [6, 6.07) is 16.9. The van der Waals surface area contributed by atoms with Crippen LogP contribution in [-0.4, -0.2) is 25.0 Å². The molecule has 0 bridgehead atoms. The standard InChI is InChI=1S/C25H28O4/c1-20(2)25(27)29-19-9-4-3-8-18-28-23-15-12-21(13-16-23)14-17-24(26)22-10-6-5-7-11-22/h5-7,10-17H,1,3-4,8-9,18-19H2,2H3/b17-14+. The molecular weight excluding hydrogens is 364 g/mol. The molecule has 4 heteroatoms. The average Bonchev–Trinajstić information content (AvgIpc) is 2.75. The van der Waals surface area contributed by atoms with E-state index in [9.17, 15) is 9.59 Å². The first-order chi connectivity index (χ1) is 14.1. The van der Waals surface area contributed by atoms with Crippen molar-refractivity contribution in [2.75, 3.05) is 13.2 Å². The number of carbonyl (C=O) groups excluding carboxylic acids is 2. The van der Waals surface area contributed by atoms with Crippen molar-refractivity contribution in [3.63, 3.8) is 0 Å². The summed E-state index contributed by atoms with van der Waals surface area (Å²) in [6.07, 6.45) is 7.20. The molecule has 0 aliphatic heterocycles. The second-order valence-corrected chi connectivity index (χ2v) is 6.81. The van der Waals surface area contributed by atoms with Crippen LogP contribution in [0.1, 0.15) is 48.5 Å². The van der Waals surface area contributed by atoms with Gasteiger partial charge in [0.1, 0.15) is 5.75 Å². The Morgan fingerprint density at radius 1 is 0.897 bits per heavy atom. The predicted molar refractivity (Wildman–Crippen MR) is 116 cm³/mol. The Balaban J connectivity index is 1.61. The monoisotopic (exact) mass is 392 g/mol. The molecule has 152 valence electrons. The number of rotatable bonds is 12. The molecule has 0 aliphatic rings. The van der Waals surface area contributed by atoms with Crippen LogP contribution < -0.4 is 4.74 Å². The predicted octanol–water partition coefficient (Wildman–Crippen LogP) is 5.64. The van der Waals surface area contributed by atoms with Gasteiger partial charge in [0.2, 0.25) is 0 Å². The van der Waals surface area contributed by atoms with Crippen LogP contribution in [0.3, 0.4) is 0 Å². The smallest absolute Gasteiger partial charge is 0.333 e. The zero-order valence-corrected chi connectivity index (χ0v) is 16.9. The Morgan fingerprint density at radius 2 is 1.55 bits per heavy atom. The van der Waals surface area contributed by atoms with E-state index in [1.165, 1.54) is 0 Å². The fraction of sp³-hybridized carbons (Fsp3) is 0.280. The number of unbranched alkanes of at least 4 members (excludes halogenated alkanes) is 3. The van der Waals surface area contributed by atoms with Gasteiger partial charge in [0.25, 0.3) is 0 Å². The van der Waals surface area contributed by atoms with Gasteiger partial charge in [-0.3, -0.25) is 4.79 Å². The molecular formula is C25H28O4. The minimum atomic E-state index is -0.323. The number of hydrogen-bond donors (Lipinski definition) is 0. The van der Waals surface area contributed by atoms with E-state index in [0.29, 0.717) is 24.4 Å². The highest BCUT2D eigenvalue weighted by molar-refractivity contribution is 6.06. The molecule has 0 aliphatic carbocycles. The molecule has 0 aromatic heterocycles. The van der Waals surface area contributed by atoms with E-state index in [1.54, 1.807) is 31.2 Å². The lowest BCUT2D eigenvalue weighted by molar-refractivity contribution is -0.139. The lowest BCUT2D eigenvalue weighted by atomic mass is 10.1. The van der Waals surface area contributed by atoms with E-state index in [2.05, 4.69) is 6.58 Å². The van der Waals surface area contributed by atoms with Gasteiger partial charge in [-0.05, 0) is 56.4 Å². The van der Waals surface area contributed by atoms with Crippen LogP contribution >= 0.6 is 0 Å². The molecule has 0 heterocycles. The summed E-state index contributed by atoms with van der Waals surface area (Å²) in [6.45, 7) is 6.28. The van der Waals surface area contributed by atoms with Crippen molar-refractivity contribution in [2.24, 2.45) is 0 Å². The van der Waals surface area contributed by atoms with E-state index >= 15 is 0 Å². The second-order valence-electron chi connectivity index (χ2n) is 6.81. The fourth-order valence-electron chi connectivity index (χ4n) is 2.58. The molecule has 2 aromatic carbocycles. The largest absolute Gasteiger partial charge is 0.494 e. The van der Waals surface area contributed by atoms with Gasteiger partial charge in [-0.15, -0.1) is 0 Å². The van der Waals surface area contributed by atoms with Gasteiger partial charge in [-0.1, -0.05) is 55.1 Å². The maximum atomic E-state index is 12.1. The molecule has 2 rings (SSSR count). The minimum absolute atomic E-state index is 0.0136. The topological polar surface area (TPSA) is 52.6 Å². The van der Waals surface area contributed by atoms with Gasteiger partial charge in [0, 0.05) is 11.1 Å². The highest BCUT2D eigenvalue weighted by Crippen LogP contribution is 2.14. The van der Waals surface area contributed by atoms with Crippen LogP contribution in [0.15, 0.2) is 72.8 Å². The molecule has 4 nitrogen and oxygen atoms in total. The van der Waals surface area contributed by atoms with Gasteiger partial charge >= 0.3 is 5.97 Å². The number of ether oxygens (including phenoxy) is 2. The van der Waals surface area contributed by atoms with E-state index in [1.807, 2.05) is 42.5 Å². The van der Waals surface area contributed by atoms with E-state index < -0.39 is 0 Å². The summed E-state index contributed by atoms with van der Waals surface area (Å²) >= 11 is 0. The van der Waals surface area contributed by atoms with Crippen LogP contribution in [0.2, 0.25) is 0 Å². The summed E-state index contributed by atoms with van der Waals surface area (Å²) in [5.74, 6) is 0.475. The number of esters is 1. The lowest BCUT2D eigenvalue weighted by Gasteiger charge is -2.07. The Labute approximate surface area is 172 Å². The fourth-order valence-corrected chi connectivity index (χ4v) is 2.58. The summed E-state index contributed by atoms with van der Waals surface area (Å²) in [5.41, 5.74) is 2.06. The molecule has 0 radical (unpaired) electrons. The number of benzene rings is 2. The van der Waals surface area contributed by atoms with Crippen LogP contribution in [0.25, 0.3) is 6.08 Å². The normalized spacial score (nSPS) is 10.7. The summed E-state index contributed by atoms with van der Waals surface area (Å²) in [7, 11) is 0. The number of hydrogen-bond acceptors (Lipinski definition) is 4. The number of allylic oxidation sites excluding steroid dienone is 1. The van der Waals surface area contributed by atoms with Gasteiger partial charge in [-0.2, -0.15) is 0 Å². The Kier molecular flexibility index (Phi) is 9.43. The van der Waals surface area contributed by atoms with Crippen molar-refractivity contribution in [1.82, 2.24) is 0 Å². The molecule has 2 aromatic rings. The third kappa shape index (κ3) is 8.60. The number of carbonyl (C=O) groups is 2. The van der Waals surface area contributed by atoms with Crippen molar-refractivity contribution in [2.45, 2.75) is 32.6 Å². The molecule has 0 atom stereocenters. The highest BCUT2D eigenvalue weighted by atomic mass is 16.5. The molecule has 0 saturated carbocycles. The van der Waals surface area contributed by atoms with Gasteiger partial charge in [0.15, 0.2) is 5.78 Å². The first kappa shape index (κ1) is 22.2. The summed E-state index contributed by atoms with van der Waals surface area (Å²) in [4.78, 5) is 23.3. The highest BCUT2D eigenvalue weighted by Gasteiger charge is 2.02. The average molecular weight is 392 g/mol. The van der Waals surface area contributed by atoms with Crippen molar-refractivity contribution in [3.05, 3.63) is 84.0 Å². The molecule has 29 heavy (non-hydrogen) atoms. The van der Waals surface area contributed by atoms with Crippen LogP contribution in [0.5, 0.6) is 5.75 Å². The minimum Gasteiger partial charge on any atom is -0.494 e.